The molecule has 3 N–H and O–H groups in total. The Morgan fingerprint density at radius 3 is 2.38 bits per heavy atom. The molecule has 0 unspecified atom stereocenters. The van der Waals surface area contributed by atoms with Crippen molar-refractivity contribution in [1.29, 1.82) is 0 Å². The molecule has 0 radical (unpaired) electrons. The summed E-state index contributed by atoms with van der Waals surface area (Å²) in [5.74, 6) is 1.23. The average Bonchev–Trinajstić information content (AvgIpc) is 3.52. The number of piperazine rings is 1. The number of methoxy groups -OCH3 is 1. The third-order valence-electron chi connectivity index (χ3n) is 9.05. The first kappa shape index (κ1) is 33.1. The van der Waals surface area contributed by atoms with E-state index in [1.807, 2.05) is 56.6 Å². The van der Waals surface area contributed by atoms with Crippen LogP contribution in [0.25, 0.3) is 17.0 Å². The fourth-order valence-corrected chi connectivity index (χ4v) is 6.18. The van der Waals surface area contributed by atoms with Gasteiger partial charge in [-0.15, -0.1) is 0 Å². The molecule has 1 aromatic heterocycles. The molecule has 0 aliphatic carbocycles. The number of ether oxygens (including phenoxy) is 2. The standard InChI is InChI=1S/C37H45N7O4/c1-25-30(31-23-29(47-5)11-12-33(31)44(25)21-20-43-18-16-42(4)17-19-43)24-35-36(45)32-22-28(10-13-34(32)48-35)40-37(46)39-27-8-6-26(7-9-27)38-14-15-41(2)3/h6-13,22-24,38H,14-21H2,1-5H3,(H2,39,40,46)/b35-24-. The highest BCUT2D eigenvalue weighted by atomic mass is 16.5. The van der Waals surface area contributed by atoms with Crippen LogP contribution in [0.1, 0.15) is 21.6 Å². The minimum absolute atomic E-state index is 0.230. The lowest BCUT2D eigenvalue weighted by Crippen LogP contribution is -2.45. The van der Waals surface area contributed by atoms with E-state index < -0.39 is 6.03 Å². The van der Waals surface area contributed by atoms with E-state index in [9.17, 15) is 9.59 Å². The number of hydrogen-bond donors (Lipinski definition) is 3. The molecular formula is C37H45N7O4. The number of amides is 2. The van der Waals surface area contributed by atoms with Gasteiger partial charge in [0, 0.05) is 91.6 Å². The molecule has 2 aliphatic heterocycles. The molecule has 1 saturated heterocycles. The second kappa shape index (κ2) is 14.5. The van der Waals surface area contributed by atoms with Gasteiger partial charge >= 0.3 is 6.03 Å². The highest BCUT2D eigenvalue weighted by Gasteiger charge is 2.29. The van der Waals surface area contributed by atoms with E-state index in [2.05, 4.69) is 55.3 Å². The maximum absolute atomic E-state index is 13.6. The smallest absolute Gasteiger partial charge is 0.323 e. The number of carbonyl (C=O) groups is 2. The molecule has 48 heavy (non-hydrogen) atoms. The van der Waals surface area contributed by atoms with Crippen LogP contribution in [-0.4, -0.2) is 105 Å². The molecule has 0 spiro atoms. The Balaban J connectivity index is 1.16. The van der Waals surface area contributed by atoms with Gasteiger partial charge in [-0.1, -0.05) is 0 Å². The fraction of sp³-hybridized carbons (Fsp3) is 0.351. The molecule has 0 bridgehead atoms. The number of hydrogen-bond acceptors (Lipinski definition) is 8. The summed E-state index contributed by atoms with van der Waals surface area (Å²) < 4.78 is 14.0. The van der Waals surface area contributed by atoms with Crippen LogP contribution in [0.15, 0.2) is 66.4 Å². The van der Waals surface area contributed by atoms with Crippen molar-refractivity contribution in [2.45, 2.75) is 13.5 Å². The summed E-state index contributed by atoms with van der Waals surface area (Å²) in [5, 5.41) is 10.0. The molecular weight excluding hydrogens is 606 g/mol. The molecule has 252 valence electrons. The van der Waals surface area contributed by atoms with Gasteiger partial charge in [-0.05, 0) is 94.8 Å². The van der Waals surface area contributed by atoms with Crippen molar-refractivity contribution in [3.05, 3.63) is 83.2 Å². The zero-order chi connectivity index (χ0) is 33.8. The van der Waals surface area contributed by atoms with Gasteiger partial charge in [0.05, 0.1) is 12.7 Å². The molecule has 2 aliphatic rings. The van der Waals surface area contributed by atoms with Crippen molar-refractivity contribution < 1.29 is 19.1 Å². The van der Waals surface area contributed by atoms with Crippen molar-refractivity contribution in [2.75, 3.05) is 90.0 Å². The van der Waals surface area contributed by atoms with Crippen LogP contribution in [0, 0.1) is 6.92 Å². The van der Waals surface area contributed by atoms with Crippen LogP contribution >= 0.6 is 0 Å². The van der Waals surface area contributed by atoms with E-state index in [1.165, 1.54) is 0 Å². The van der Waals surface area contributed by atoms with Gasteiger partial charge in [0.1, 0.15) is 11.5 Å². The number of carbonyl (C=O) groups excluding carboxylic acids is 2. The number of aromatic nitrogens is 1. The molecule has 11 nitrogen and oxygen atoms in total. The van der Waals surface area contributed by atoms with Crippen LogP contribution < -0.4 is 25.4 Å². The third-order valence-corrected chi connectivity index (χ3v) is 9.05. The van der Waals surface area contributed by atoms with Crippen molar-refractivity contribution >= 4 is 45.9 Å². The zero-order valence-electron chi connectivity index (χ0n) is 28.4. The number of anilines is 3. The van der Waals surface area contributed by atoms with Gasteiger partial charge in [-0.25, -0.2) is 4.79 Å². The lowest BCUT2D eigenvalue weighted by Gasteiger charge is -2.32. The van der Waals surface area contributed by atoms with Crippen LogP contribution in [0.5, 0.6) is 11.5 Å². The van der Waals surface area contributed by atoms with Gasteiger partial charge in [0.15, 0.2) is 5.76 Å². The number of likely N-dealkylation sites (N-methyl/N-ethyl adjacent to an activating group) is 2. The first-order valence-corrected chi connectivity index (χ1v) is 16.4. The maximum atomic E-state index is 13.6. The summed E-state index contributed by atoms with van der Waals surface area (Å²) in [5.41, 5.74) is 5.61. The van der Waals surface area contributed by atoms with Crippen molar-refractivity contribution in [3.63, 3.8) is 0 Å². The first-order valence-electron chi connectivity index (χ1n) is 16.4. The van der Waals surface area contributed by atoms with E-state index in [1.54, 1.807) is 25.3 Å². The monoisotopic (exact) mass is 651 g/mol. The van der Waals surface area contributed by atoms with Gasteiger partial charge in [0.25, 0.3) is 0 Å². The zero-order valence-corrected chi connectivity index (χ0v) is 28.4. The van der Waals surface area contributed by atoms with Crippen LogP contribution in [0.3, 0.4) is 0 Å². The number of fused-ring (bicyclic) bond motifs is 2. The Kier molecular flexibility index (Phi) is 10.00. The molecule has 6 rings (SSSR count). The molecule has 0 atom stereocenters. The Hall–Kier alpha value is -4.84. The first-order chi connectivity index (χ1) is 23.2. The van der Waals surface area contributed by atoms with E-state index in [4.69, 9.17) is 9.47 Å². The second-order valence-corrected chi connectivity index (χ2v) is 12.7. The number of allylic oxidation sites excluding steroid dienone is 1. The lowest BCUT2D eigenvalue weighted by molar-refractivity contribution is 0.101. The predicted molar refractivity (Wildman–Crippen MR) is 193 cm³/mol. The maximum Gasteiger partial charge on any atom is 0.323 e. The summed E-state index contributed by atoms with van der Waals surface area (Å²) in [6.07, 6.45) is 1.84. The number of nitrogens with one attached hydrogen (secondary N) is 3. The van der Waals surface area contributed by atoms with Gasteiger partial charge < -0.3 is 39.8 Å². The predicted octanol–water partition coefficient (Wildman–Crippen LogP) is 5.44. The highest BCUT2D eigenvalue weighted by molar-refractivity contribution is 6.16. The van der Waals surface area contributed by atoms with Crippen LogP contribution in [-0.2, 0) is 6.54 Å². The molecule has 4 aromatic rings. The summed E-state index contributed by atoms with van der Waals surface area (Å²) in [6.45, 7) is 9.89. The van der Waals surface area contributed by atoms with Crippen LogP contribution in [0.2, 0.25) is 0 Å². The summed E-state index contributed by atoms with van der Waals surface area (Å²) >= 11 is 0. The van der Waals surface area contributed by atoms with E-state index in [0.717, 1.165) is 86.0 Å². The Morgan fingerprint density at radius 2 is 1.65 bits per heavy atom. The van der Waals surface area contributed by atoms with E-state index in [-0.39, 0.29) is 11.5 Å². The summed E-state index contributed by atoms with van der Waals surface area (Å²) in [4.78, 5) is 33.4. The number of nitrogens with zero attached hydrogens (tertiary/aromatic N) is 4. The minimum atomic E-state index is -0.403. The quantitative estimate of drug-likeness (QED) is 0.184. The average molecular weight is 652 g/mol. The highest BCUT2D eigenvalue weighted by Crippen LogP contribution is 2.37. The van der Waals surface area contributed by atoms with Gasteiger partial charge in [-0.3, -0.25) is 9.69 Å². The molecule has 3 heterocycles. The second-order valence-electron chi connectivity index (χ2n) is 12.7. The van der Waals surface area contributed by atoms with Crippen LogP contribution in [0.4, 0.5) is 21.9 Å². The molecule has 1 fully saturated rings. The lowest BCUT2D eigenvalue weighted by atomic mass is 10.1. The third kappa shape index (κ3) is 7.49. The van der Waals surface area contributed by atoms with E-state index in [0.29, 0.717) is 22.7 Å². The van der Waals surface area contributed by atoms with Gasteiger partial charge in [0.2, 0.25) is 5.78 Å². The van der Waals surface area contributed by atoms with Crippen molar-refractivity contribution in [3.8, 4) is 11.5 Å². The Labute approximate surface area is 282 Å². The minimum Gasteiger partial charge on any atom is -0.497 e. The number of ketones is 1. The molecule has 3 aromatic carbocycles. The summed E-state index contributed by atoms with van der Waals surface area (Å²) in [7, 11) is 7.89. The number of urea groups is 1. The number of rotatable bonds is 11. The molecule has 0 saturated carbocycles. The van der Waals surface area contributed by atoms with Crippen molar-refractivity contribution in [2.24, 2.45) is 0 Å². The topological polar surface area (TPSA) is 103 Å². The SMILES string of the molecule is COc1ccc2c(c1)c(/C=C1\Oc3ccc(NC(=O)Nc4ccc(NCCN(C)C)cc4)cc3C1=O)c(C)n2CCN1CCN(C)CC1. The largest absolute Gasteiger partial charge is 0.497 e. The molecule has 11 heteroatoms. The van der Waals surface area contributed by atoms with Crippen molar-refractivity contribution in [1.82, 2.24) is 19.3 Å². The van der Waals surface area contributed by atoms with Gasteiger partial charge in [-0.2, -0.15) is 0 Å². The Morgan fingerprint density at radius 1 is 0.938 bits per heavy atom. The molecule has 2 amide bonds. The Bertz CT molecular complexity index is 1820. The summed E-state index contributed by atoms with van der Waals surface area (Å²) in [6, 6.07) is 18.3. The number of benzene rings is 3. The fourth-order valence-electron chi connectivity index (χ4n) is 6.18. The number of Topliss-reactive ketones (excluding diaryl/α,β-unsaturated/α-hetero) is 1. The van der Waals surface area contributed by atoms with E-state index >= 15 is 0 Å². The normalized spacial score (nSPS) is 16.0.